The fourth-order valence-corrected chi connectivity index (χ4v) is 1.08. The van der Waals surface area contributed by atoms with Crippen LogP contribution in [0.15, 0.2) is 18.2 Å². The molecule has 0 saturated heterocycles. The fraction of sp³-hybridized carbons (Fsp3) is 0.300. The van der Waals surface area contributed by atoms with Crippen LogP contribution in [0.5, 0.6) is 5.75 Å². The van der Waals surface area contributed by atoms with Crippen molar-refractivity contribution >= 4 is 0 Å². The molecule has 59 valence electrons. The van der Waals surface area contributed by atoms with Crippen LogP contribution in [0.3, 0.4) is 0 Å². The molecule has 1 aromatic carbocycles. The number of rotatable bonds is 2. The van der Waals surface area contributed by atoms with Gasteiger partial charge in [0.25, 0.3) is 0 Å². The van der Waals surface area contributed by atoms with Crippen LogP contribution in [0.25, 0.3) is 0 Å². The number of ether oxygens (including phenoxy) is 1. The molecule has 0 saturated carbocycles. The molecule has 0 spiro atoms. The van der Waals surface area contributed by atoms with Crippen molar-refractivity contribution in [2.75, 3.05) is 7.11 Å². The lowest BCUT2D eigenvalue weighted by molar-refractivity contribution is 0.414. The van der Waals surface area contributed by atoms with Gasteiger partial charge in [-0.05, 0) is 43.5 Å². The minimum absolute atomic E-state index is 0.843. The van der Waals surface area contributed by atoms with Crippen molar-refractivity contribution in [3.8, 4) is 5.75 Å². The smallest absolute Gasteiger partial charge is 0.119 e. The predicted octanol–water partition coefficient (Wildman–Crippen LogP) is 2.38. The summed E-state index contributed by atoms with van der Waals surface area (Å²) >= 11 is 0. The first-order chi connectivity index (χ1) is 5.27. The highest BCUT2D eigenvalue weighted by Crippen LogP contribution is 2.16. The molecule has 0 aliphatic heterocycles. The number of hydrogen-bond donors (Lipinski definition) is 0. The topological polar surface area (TPSA) is 9.23 Å². The Morgan fingerprint density at radius 2 is 2.18 bits per heavy atom. The van der Waals surface area contributed by atoms with Gasteiger partial charge in [0.15, 0.2) is 0 Å². The molecule has 0 aliphatic carbocycles. The van der Waals surface area contributed by atoms with Crippen LogP contribution in [-0.4, -0.2) is 7.11 Å². The Morgan fingerprint density at radius 3 is 2.64 bits per heavy atom. The summed E-state index contributed by atoms with van der Waals surface area (Å²) in [6.07, 6.45) is 0.843. The Labute approximate surface area is 68.0 Å². The van der Waals surface area contributed by atoms with Gasteiger partial charge >= 0.3 is 0 Å². The average Bonchev–Trinajstić information content (AvgIpc) is 2.04. The van der Waals surface area contributed by atoms with E-state index in [2.05, 4.69) is 19.9 Å². The van der Waals surface area contributed by atoms with Gasteiger partial charge in [-0.2, -0.15) is 0 Å². The maximum absolute atomic E-state index is 5.07. The third-order valence-corrected chi connectivity index (χ3v) is 1.82. The zero-order valence-corrected chi connectivity index (χ0v) is 7.05. The summed E-state index contributed by atoms with van der Waals surface area (Å²) in [5.41, 5.74) is 2.53. The Hall–Kier alpha value is -0.980. The molecule has 1 nitrogen and oxygen atoms in total. The average molecular weight is 149 g/mol. The third-order valence-electron chi connectivity index (χ3n) is 1.82. The minimum atomic E-state index is 0.843. The van der Waals surface area contributed by atoms with Gasteiger partial charge in [0, 0.05) is 0 Å². The monoisotopic (exact) mass is 149 g/mol. The maximum atomic E-state index is 5.07. The minimum Gasteiger partial charge on any atom is -0.497 e. The van der Waals surface area contributed by atoms with Crippen LogP contribution in [0.2, 0.25) is 0 Å². The van der Waals surface area contributed by atoms with E-state index in [0.29, 0.717) is 0 Å². The van der Waals surface area contributed by atoms with Crippen molar-refractivity contribution in [2.24, 2.45) is 0 Å². The summed E-state index contributed by atoms with van der Waals surface area (Å²) in [5.74, 6) is 0.916. The molecule has 1 rings (SSSR count). The van der Waals surface area contributed by atoms with Crippen molar-refractivity contribution in [3.05, 3.63) is 36.2 Å². The van der Waals surface area contributed by atoms with E-state index < -0.39 is 0 Å². The highest BCUT2D eigenvalue weighted by Gasteiger charge is 1.96. The number of hydrogen-bond acceptors (Lipinski definition) is 1. The van der Waals surface area contributed by atoms with Crippen molar-refractivity contribution in [2.45, 2.75) is 13.3 Å². The lowest BCUT2D eigenvalue weighted by atomic mass is 10.1. The molecule has 0 bridgehead atoms. The summed E-state index contributed by atoms with van der Waals surface area (Å²) < 4.78 is 5.07. The summed E-state index contributed by atoms with van der Waals surface area (Å²) in [4.78, 5) is 0. The molecular weight excluding hydrogens is 136 g/mol. The van der Waals surface area contributed by atoms with E-state index in [-0.39, 0.29) is 0 Å². The lowest BCUT2D eigenvalue weighted by Gasteiger charge is -2.04. The van der Waals surface area contributed by atoms with E-state index in [1.54, 1.807) is 7.11 Å². The molecular formula is C10H13O. The van der Waals surface area contributed by atoms with E-state index in [4.69, 9.17) is 4.74 Å². The van der Waals surface area contributed by atoms with Gasteiger partial charge in [-0.15, -0.1) is 0 Å². The SMILES string of the molecule is [CH2]Cc1ccc(OC)cc1C. The summed E-state index contributed by atoms with van der Waals surface area (Å²) in [6, 6.07) is 6.05. The maximum Gasteiger partial charge on any atom is 0.119 e. The molecule has 0 aliphatic rings. The Kier molecular flexibility index (Phi) is 2.53. The molecule has 1 aromatic rings. The van der Waals surface area contributed by atoms with Gasteiger partial charge in [-0.25, -0.2) is 0 Å². The number of methoxy groups -OCH3 is 1. The first-order valence-corrected chi connectivity index (χ1v) is 3.70. The molecule has 0 N–H and O–H groups in total. The van der Waals surface area contributed by atoms with E-state index in [9.17, 15) is 0 Å². The van der Waals surface area contributed by atoms with Crippen LogP contribution < -0.4 is 4.74 Å². The highest BCUT2D eigenvalue weighted by molar-refractivity contribution is 5.34. The fourth-order valence-electron chi connectivity index (χ4n) is 1.08. The van der Waals surface area contributed by atoms with Crippen molar-refractivity contribution in [1.82, 2.24) is 0 Å². The molecule has 0 fully saturated rings. The number of aryl methyl sites for hydroxylation is 1. The van der Waals surface area contributed by atoms with Crippen LogP contribution in [0.4, 0.5) is 0 Å². The second-order valence-corrected chi connectivity index (χ2v) is 2.54. The standard InChI is InChI=1S/C10H13O/c1-4-9-5-6-10(11-3)7-8(9)2/h5-7H,1,4H2,2-3H3. The molecule has 0 aromatic heterocycles. The van der Waals surface area contributed by atoms with Crippen LogP contribution in [0.1, 0.15) is 11.1 Å². The second-order valence-electron chi connectivity index (χ2n) is 2.54. The first kappa shape index (κ1) is 8.12. The molecule has 0 unspecified atom stereocenters. The summed E-state index contributed by atoms with van der Waals surface area (Å²) in [5, 5.41) is 0. The number of benzene rings is 1. The normalized spacial score (nSPS) is 9.73. The van der Waals surface area contributed by atoms with E-state index in [1.165, 1.54) is 11.1 Å². The highest BCUT2D eigenvalue weighted by atomic mass is 16.5. The zero-order valence-electron chi connectivity index (χ0n) is 7.05. The van der Waals surface area contributed by atoms with Crippen LogP contribution in [-0.2, 0) is 6.42 Å². The summed E-state index contributed by atoms with van der Waals surface area (Å²) in [7, 11) is 1.68. The van der Waals surface area contributed by atoms with Gasteiger partial charge in [0.2, 0.25) is 0 Å². The summed E-state index contributed by atoms with van der Waals surface area (Å²) in [6.45, 7) is 5.90. The van der Waals surface area contributed by atoms with Gasteiger partial charge in [0.05, 0.1) is 7.11 Å². The molecule has 0 amide bonds. The largest absolute Gasteiger partial charge is 0.497 e. The van der Waals surface area contributed by atoms with Crippen LogP contribution >= 0.6 is 0 Å². The van der Waals surface area contributed by atoms with Gasteiger partial charge in [0.1, 0.15) is 5.75 Å². The third kappa shape index (κ3) is 1.73. The molecule has 0 heterocycles. The zero-order chi connectivity index (χ0) is 8.27. The molecule has 11 heavy (non-hydrogen) atoms. The first-order valence-electron chi connectivity index (χ1n) is 3.70. The quantitative estimate of drug-likeness (QED) is 0.627. The van der Waals surface area contributed by atoms with Gasteiger partial charge in [-0.3, -0.25) is 0 Å². The second kappa shape index (κ2) is 3.42. The lowest BCUT2D eigenvalue weighted by Crippen LogP contribution is -1.88. The Bertz CT molecular complexity index is 241. The predicted molar refractivity (Wildman–Crippen MR) is 46.8 cm³/mol. The molecule has 1 radical (unpaired) electrons. The molecule has 1 heteroatoms. The van der Waals surface area contributed by atoms with E-state index in [1.807, 2.05) is 12.1 Å². The Morgan fingerprint density at radius 1 is 1.45 bits per heavy atom. The van der Waals surface area contributed by atoms with Gasteiger partial charge in [-0.1, -0.05) is 6.07 Å². The van der Waals surface area contributed by atoms with E-state index >= 15 is 0 Å². The van der Waals surface area contributed by atoms with Crippen molar-refractivity contribution in [1.29, 1.82) is 0 Å². The van der Waals surface area contributed by atoms with Crippen molar-refractivity contribution in [3.63, 3.8) is 0 Å². The van der Waals surface area contributed by atoms with Crippen LogP contribution in [0, 0.1) is 13.8 Å². The molecule has 0 atom stereocenters. The van der Waals surface area contributed by atoms with Crippen molar-refractivity contribution < 1.29 is 4.74 Å². The Balaban J connectivity index is 2.99. The van der Waals surface area contributed by atoms with E-state index in [0.717, 1.165) is 12.2 Å². The van der Waals surface area contributed by atoms with Gasteiger partial charge < -0.3 is 4.74 Å².